The molecule has 0 saturated carbocycles. The second-order valence-electron chi connectivity index (χ2n) is 5.27. The number of rotatable bonds is 7. The van der Waals surface area contributed by atoms with Crippen LogP contribution in [0.2, 0.25) is 0 Å². The summed E-state index contributed by atoms with van der Waals surface area (Å²) in [5.41, 5.74) is 0.387. The summed E-state index contributed by atoms with van der Waals surface area (Å²) in [4.78, 5) is 0. The van der Waals surface area contributed by atoms with Crippen molar-refractivity contribution >= 4 is 0 Å². The van der Waals surface area contributed by atoms with E-state index >= 15 is 0 Å². The van der Waals surface area contributed by atoms with Crippen LogP contribution in [0.3, 0.4) is 0 Å². The molecular weight excluding hydrogens is 248 g/mol. The Hall–Kier alpha value is -1.00. The fourth-order valence-corrected chi connectivity index (χ4v) is 1.93. The predicted octanol–water partition coefficient (Wildman–Crippen LogP) is 3.30. The van der Waals surface area contributed by atoms with Crippen molar-refractivity contribution in [2.24, 2.45) is 0 Å². The summed E-state index contributed by atoms with van der Waals surface area (Å²) in [6, 6.07) is 4.08. The number of benzene rings is 1. The van der Waals surface area contributed by atoms with Crippen molar-refractivity contribution in [2.75, 3.05) is 13.7 Å². The fourth-order valence-electron chi connectivity index (χ4n) is 1.93. The van der Waals surface area contributed by atoms with E-state index in [0.29, 0.717) is 6.42 Å². The van der Waals surface area contributed by atoms with Gasteiger partial charge in [0, 0.05) is 13.2 Å². The number of ether oxygens (including phenoxy) is 1. The molecule has 0 bridgehead atoms. The molecule has 0 heterocycles. The van der Waals surface area contributed by atoms with Gasteiger partial charge in [-0.05, 0) is 50.9 Å². The first-order valence-electron chi connectivity index (χ1n) is 6.63. The zero-order valence-electron chi connectivity index (χ0n) is 12.1. The highest BCUT2D eigenvalue weighted by molar-refractivity contribution is 5.19. The molecule has 2 nitrogen and oxygen atoms in total. The second-order valence-corrected chi connectivity index (χ2v) is 5.27. The fraction of sp³-hybridized carbons (Fsp3) is 0.600. The summed E-state index contributed by atoms with van der Waals surface area (Å²) >= 11 is 0. The normalized spacial score (nSPS) is 13.6. The Morgan fingerprint density at radius 2 is 1.95 bits per heavy atom. The molecule has 0 aliphatic rings. The molecule has 0 spiro atoms. The molecule has 1 N–H and O–H groups in total. The van der Waals surface area contributed by atoms with E-state index < -0.39 is 11.6 Å². The van der Waals surface area contributed by atoms with E-state index in [1.807, 2.05) is 13.8 Å². The Bertz CT molecular complexity index is 407. The van der Waals surface area contributed by atoms with Crippen LogP contribution in [0.25, 0.3) is 0 Å². The van der Waals surface area contributed by atoms with Gasteiger partial charge in [0.15, 0.2) is 11.6 Å². The lowest BCUT2D eigenvalue weighted by atomic mass is 9.92. The number of hydrogen-bond acceptors (Lipinski definition) is 2. The van der Waals surface area contributed by atoms with E-state index in [2.05, 4.69) is 12.2 Å². The predicted molar refractivity (Wildman–Crippen MR) is 73.2 cm³/mol. The number of methoxy groups -OCH3 is 1. The molecule has 0 aromatic heterocycles. The lowest BCUT2D eigenvalue weighted by molar-refractivity contribution is -0.00999. The van der Waals surface area contributed by atoms with Crippen molar-refractivity contribution in [1.29, 1.82) is 0 Å². The van der Waals surface area contributed by atoms with Crippen LogP contribution in [0, 0.1) is 11.6 Å². The van der Waals surface area contributed by atoms with Crippen molar-refractivity contribution in [3.8, 4) is 0 Å². The van der Waals surface area contributed by atoms with Crippen LogP contribution in [0.5, 0.6) is 0 Å². The van der Waals surface area contributed by atoms with Crippen LogP contribution in [0.4, 0.5) is 8.78 Å². The van der Waals surface area contributed by atoms with Gasteiger partial charge in [-0.15, -0.1) is 0 Å². The Kier molecular flexibility index (Phi) is 5.88. The van der Waals surface area contributed by atoms with Gasteiger partial charge in [0.25, 0.3) is 0 Å². The van der Waals surface area contributed by atoms with E-state index in [4.69, 9.17) is 4.74 Å². The Labute approximate surface area is 114 Å². The van der Waals surface area contributed by atoms with Crippen molar-refractivity contribution in [1.82, 2.24) is 5.32 Å². The molecule has 1 atom stereocenters. The molecule has 1 aromatic rings. The summed E-state index contributed by atoms with van der Waals surface area (Å²) in [5.74, 6) is -1.62. The molecule has 0 fully saturated rings. The molecule has 1 rings (SSSR count). The summed E-state index contributed by atoms with van der Waals surface area (Å²) in [6.07, 6.45) is 1.60. The zero-order chi connectivity index (χ0) is 14.5. The molecule has 0 saturated heterocycles. The minimum atomic E-state index is -0.812. The first kappa shape index (κ1) is 16.1. The van der Waals surface area contributed by atoms with Crippen LogP contribution in [0.15, 0.2) is 18.2 Å². The van der Waals surface area contributed by atoms with E-state index in [1.165, 1.54) is 12.1 Å². The largest absolute Gasteiger partial charge is 0.377 e. The SMILES string of the molecule is CCCNC(Cc1ccc(F)c(F)c1)C(C)(C)OC. The van der Waals surface area contributed by atoms with Gasteiger partial charge in [-0.25, -0.2) is 8.78 Å². The van der Waals surface area contributed by atoms with Gasteiger partial charge < -0.3 is 10.1 Å². The lowest BCUT2D eigenvalue weighted by Gasteiger charge is -2.34. The zero-order valence-corrected chi connectivity index (χ0v) is 12.1. The number of halogens is 2. The first-order valence-corrected chi connectivity index (χ1v) is 6.63. The maximum atomic E-state index is 13.2. The third-order valence-electron chi connectivity index (χ3n) is 3.43. The molecule has 0 aliphatic carbocycles. The Balaban J connectivity index is 2.84. The maximum absolute atomic E-state index is 13.2. The first-order chi connectivity index (χ1) is 8.90. The molecule has 1 unspecified atom stereocenters. The van der Waals surface area contributed by atoms with Crippen LogP contribution in [0.1, 0.15) is 32.8 Å². The third kappa shape index (κ3) is 4.55. The minimum Gasteiger partial charge on any atom is -0.377 e. The number of hydrogen-bond donors (Lipinski definition) is 1. The molecule has 1 aromatic carbocycles. The molecular formula is C15H23F2NO. The average Bonchev–Trinajstić information content (AvgIpc) is 2.38. The van der Waals surface area contributed by atoms with E-state index in [0.717, 1.165) is 18.5 Å². The van der Waals surface area contributed by atoms with Gasteiger partial charge in [-0.1, -0.05) is 13.0 Å². The van der Waals surface area contributed by atoms with Crippen molar-refractivity contribution in [3.05, 3.63) is 35.4 Å². The van der Waals surface area contributed by atoms with Crippen LogP contribution < -0.4 is 5.32 Å². The third-order valence-corrected chi connectivity index (χ3v) is 3.43. The highest BCUT2D eigenvalue weighted by atomic mass is 19.2. The second kappa shape index (κ2) is 6.96. The number of nitrogens with one attached hydrogen (secondary N) is 1. The van der Waals surface area contributed by atoms with E-state index in [9.17, 15) is 8.78 Å². The molecule has 108 valence electrons. The van der Waals surface area contributed by atoms with Crippen molar-refractivity contribution in [2.45, 2.75) is 45.3 Å². The average molecular weight is 271 g/mol. The van der Waals surface area contributed by atoms with Gasteiger partial charge in [0.2, 0.25) is 0 Å². The monoisotopic (exact) mass is 271 g/mol. The van der Waals surface area contributed by atoms with Crippen molar-refractivity contribution < 1.29 is 13.5 Å². The summed E-state index contributed by atoms with van der Waals surface area (Å²) < 4.78 is 31.6. The van der Waals surface area contributed by atoms with Gasteiger partial charge in [-0.2, -0.15) is 0 Å². The molecule has 0 amide bonds. The summed E-state index contributed by atoms with van der Waals surface area (Å²) in [7, 11) is 1.66. The van der Waals surface area contributed by atoms with Crippen molar-refractivity contribution in [3.63, 3.8) is 0 Å². The minimum absolute atomic E-state index is 0.0438. The van der Waals surface area contributed by atoms with Gasteiger partial charge in [0.1, 0.15) is 0 Å². The van der Waals surface area contributed by atoms with Gasteiger partial charge in [-0.3, -0.25) is 0 Å². The molecule has 4 heteroatoms. The van der Waals surface area contributed by atoms with E-state index in [1.54, 1.807) is 13.2 Å². The molecule has 0 radical (unpaired) electrons. The van der Waals surface area contributed by atoms with E-state index in [-0.39, 0.29) is 11.6 Å². The van der Waals surface area contributed by atoms with Gasteiger partial charge in [0.05, 0.1) is 5.60 Å². The quantitative estimate of drug-likeness (QED) is 0.821. The van der Waals surface area contributed by atoms with Crippen LogP contribution >= 0.6 is 0 Å². The maximum Gasteiger partial charge on any atom is 0.159 e. The summed E-state index contributed by atoms with van der Waals surface area (Å²) in [6.45, 7) is 6.92. The van der Waals surface area contributed by atoms with Crippen LogP contribution in [-0.2, 0) is 11.2 Å². The molecule has 0 aliphatic heterocycles. The topological polar surface area (TPSA) is 21.3 Å². The summed E-state index contributed by atoms with van der Waals surface area (Å²) in [5, 5.41) is 3.40. The Morgan fingerprint density at radius 3 is 2.47 bits per heavy atom. The van der Waals surface area contributed by atoms with Gasteiger partial charge >= 0.3 is 0 Å². The van der Waals surface area contributed by atoms with Crippen LogP contribution in [-0.4, -0.2) is 25.3 Å². The lowest BCUT2D eigenvalue weighted by Crippen LogP contribution is -2.49. The highest BCUT2D eigenvalue weighted by Gasteiger charge is 2.29. The highest BCUT2D eigenvalue weighted by Crippen LogP contribution is 2.19. The standard InChI is InChI=1S/C15H23F2NO/c1-5-8-18-14(15(2,3)19-4)10-11-6-7-12(16)13(17)9-11/h6-7,9,14,18H,5,8,10H2,1-4H3. The molecule has 19 heavy (non-hydrogen) atoms. The Morgan fingerprint density at radius 1 is 1.26 bits per heavy atom. The smallest absolute Gasteiger partial charge is 0.159 e.